The lowest BCUT2D eigenvalue weighted by Crippen LogP contribution is -2.80. The van der Waals surface area contributed by atoms with Gasteiger partial charge >= 0.3 is 24.0 Å². The van der Waals surface area contributed by atoms with Crippen LogP contribution in [-0.2, 0) is 52.3 Å². The Bertz CT molecular complexity index is 1910. The Hall–Kier alpha value is -3.70. The number of nitrogens with zero attached hydrogens (tertiary/aromatic N) is 1. The van der Waals surface area contributed by atoms with Gasteiger partial charge in [-0.3, -0.25) is 19.3 Å². The normalized spacial score (nSPS) is 37.1. The number of hydrogen-bond acceptors (Lipinski definition) is 15. The molecule has 5 aliphatic rings. The second-order valence-electron chi connectivity index (χ2n) is 18.6. The van der Waals surface area contributed by atoms with Crippen molar-refractivity contribution in [1.29, 1.82) is 0 Å². The quantitative estimate of drug-likeness (QED) is 0.138. The molecular formula is C44H61NO14S. The number of hydrogen-bond donors (Lipinski definition) is 1. The van der Waals surface area contributed by atoms with Gasteiger partial charge in [-0.25, -0.2) is 9.59 Å². The van der Waals surface area contributed by atoms with Gasteiger partial charge in [-0.2, -0.15) is 0 Å². The summed E-state index contributed by atoms with van der Waals surface area (Å²) < 4.78 is 48.5. The van der Waals surface area contributed by atoms with Crippen LogP contribution in [0.1, 0.15) is 101 Å². The van der Waals surface area contributed by atoms with Crippen LogP contribution in [0.15, 0.2) is 35.4 Å². The third kappa shape index (κ3) is 7.41. The van der Waals surface area contributed by atoms with Gasteiger partial charge < -0.3 is 43.0 Å². The van der Waals surface area contributed by atoms with E-state index in [0.29, 0.717) is 22.5 Å². The average Bonchev–Trinajstić information content (AvgIpc) is 3.50. The van der Waals surface area contributed by atoms with Gasteiger partial charge in [-0.15, -0.1) is 11.8 Å². The minimum absolute atomic E-state index is 0.0281. The molecule has 1 N–H and O–H groups in total. The van der Waals surface area contributed by atoms with Gasteiger partial charge in [-0.1, -0.05) is 32.9 Å². The Morgan fingerprint density at radius 1 is 1.02 bits per heavy atom. The predicted molar refractivity (Wildman–Crippen MR) is 218 cm³/mol. The van der Waals surface area contributed by atoms with E-state index in [2.05, 4.69) is 0 Å². The standard InChI is InChI=1S/C44H61NO14S/c1-22-29(56-38(49)33-24(3)45(39(50)59-40(6,7)8)37(57-33)27-14-16-28(52-12)17-15-27)19-44(51)23(2)35-42(11,36(48)34(55-25(4)46)32(22)41(44,9)10)30(54-21-60-13)18-31-43(35,20-53-31)58-26(5)47/h14-17,23-24,29-31,33-35,37,51H,18-21H2,1-13H3/t23-,24-,29?,30?,31?,33?,34?,35?,37+,42+,43?,44?/m0/s1. The number of methoxy groups -OCH3 is 1. The smallest absolute Gasteiger partial charge is 0.412 e. The van der Waals surface area contributed by atoms with Crippen molar-refractivity contribution < 1.29 is 67.0 Å². The second kappa shape index (κ2) is 16.2. The first-order valence-corrected chi connectivity index (χ1v) is 21.9. The first kappa shape index (κ1) is 45.8. The molecule has 15 nitrogen and oxygen atoms in total. The molecule has 0 aromatic heterocycles. The number of ether oxygens (including phenoxy) is 8. The van der Waals surface area contributed by atoms with Crippen molar-refractivity contribution in [3.63, 3.8) is 0 Å². The summed E-state index contributed by atoms with van der Waals surface area (Å²) in [5, 5.41) is 13.5. The van der Waals surface area contributed by atoms with Crippen LogP contribution in [-0.4, -0.2) is 119 Å². The van der Waals surface area contributed by atoms with E-state index in [1.54, 1.807) is 79.7 Å². The van der Waals surface area contributed by atoms with Crippen LogP contribution >= 0.6 is 11.8 Å². The lowest BCUT2D eigenvalue weighted by molar-refractivity contribution is -0.340. The molecule has 12 atom stereocenters. The highest BCUT2D eigenvalue weighted by Crippen LogP contribution is 2.66. The van der Waals surface area contributed by atoms with Crippen molar-refractivity contribution in [3.05, 3.63) is 41.0 Å². The summed E-state index contributed by atoms with van der Waals surface area (Å²) in [7, 11) is 1.54. The van der Waals surface area contributed by atoms with E-state index in [9.17, 15) is 24.3 Å². The van der Waals surface area contributed by atoms with Crippen LogP contribution in [0.5, 0.6) is 5.75 Å². The maximum absolute atomic E-state index is 15.6. The Kier molecular flexibility index (Phi) is 12.4. The highest BCUT2D eigenvalue weighted by Gasteiger charge is 2.76. The minimum Gasteiger partial charge on any atom is -0.497 e. The van der Waals surface area contributed by atoms with E-state index in [-0.39, 0.29) is 25.4 Å². The van der Waals surface area contributed by atoms with Crippen molar-refractivity contribution in [2.24, 2.45) is 22.7 Å². The second-order valence-corrected chi connectivity index (χ2v) is 19.4. The molecule has 1 aromatic rings. The Labute approximate surface area is 356 Å². The average molecular weight is 860 g/mol. The Morgan fingerprint density at radius 3 is 2.20 bits per heavy atom. The van der Waals surface area contributed by atoms with Gasteiger partial charge in [0, 0.05) is 43.6 Å². The highest BCUT2D eigenvalue weighted by atomic mass is 32.2. The minimum atomic E-state index is -1.79. The van der Waals surface area contributed by atoms with Crippen molar-refractivity contribution in [3.8, 4) is 5.75 Å². The summed E-state index contributed by atoms with van der Waals surface area (Å²) in [6, 6.07) is 6.01. The molecule has 3 aliphatic carbocycles. The van der Waals surface area contributed by atoms with Crippen LogP contribution < -0.4 is 4.74 Å². The Morgan fingerprint density at radius 2 is 1.67 bits per heavy atom. The van der Waals surface area contributed by atoms with Gasteiger partial charge in [0.25, 0.3) is 0 Å². The predicted octanol–water partition coefficient (Wildman–Crippen LogP) is 5.69. The van der Waals surface area contributed by atoms with E-state index in [1.807, 2.05) is 13.2 Å². The molecule has 4 fully saturated rings. The maximum atomic E-state index is 15.6. The molecule has 0 spiro atoms. The van der Waals surface area contributed by atoms with Crippen LogP contribution in [0.4, 0.5) is 4.79 Å². The van der Waals surface area contributed by atoms with Gasteiger partial charge in [0.2, 0.25) is 0 Å². The highest BCUT2D eigenvalue weighted by molar-refractivity contribution is 7.98. The topological polar surface area (TPSA) is 183 Å². The summed E-state index contributed by atoms with van der Waals surface area (Å²) in [5.74, 6) is -3.56. The number of carbonyl (C=O) groups excluding carboxylic acids is 5. The first-order chi connectivity index (χ1) is 27.9. The van der Waals surface area contributed by atoms with Gasteiger partial charge in [0.05, 0.1) is 42.8 Å². The zero-order valence-electron chi connectivity index (χ0n) is 36.9. The van der Waals surface area contributed by atoms with Crippen molar-refractivity contribution >= 4 is 41.5 Å². The number of fused-ring (bicyclic) bond motifs is 5. The summed E-state index contributed by atoms with van der Waals surface area (Å²) in [4.78, 5) is 71.2. The molecule has 2 heterocycles. The lowest BCUT2D eigenvalue weighted by Gasteiger charge is -2.68. The maximum Gasteiger partial charge on any atom is 0.412 e. The van der Waals surface area contributed by atoms with Crippen molar-refractivity contribution in [1.82, 2.24) is 4.90 Å². The number of Topliss-reactive ketones (excluding diaryl/α,β-unsaturated/α-hetero) is 1. The summed E-state index contributed by atoms with van der Waals surface area (Å²) in [6.07, 6.45) is -5.23. The van der Waals surface area contributed by atoms with E-state index in [4.69, 9.17) is 37.9 Å². The molecule has 2 aliphatic heterocycles. The van der Waals surface area contributed by atoms with Gasteiger partial charge in [0.15, 0.2) is 29.8 Å². The summed E-state index contributed by atoms with van der Waals surface area (Å²) >= 11 is 1.43. The molecule has 2 saturated heterocycles. The molecule has 2 bridgehead atoms. The molecule has 60 heavy (non-hydrogen) atoms. The number of ketones is 1. The third-order valence-corrected chi connectivity index (χ3v) is 14.0. The number of rotatable bonds is 9. The number of aliphatic hydroxyl groups is 1. The summed E-state index contributed by atoms with van der Waals surface area (Å²) in [5.41, 5.74) is -5.45. The van der Waals surface area contributed by atoms with E-state index >= 15 is 4.79 Å². The molecule has 1 amide bonds. The molecule has 8 unspecified atom stereocenters. The first-order valence-electron chi connectivity index (χ1n) is 20.5. The molecule has 332 valence electrons. The molecule has 6 rings (SSSR count). The Balaban J connectivity index is 1.46. The fourth-order valence-electron chi connectivity index (χ4n) is 10.8. The fourth-order valence-corrected chi connectivity index (χ4v) is 11.1. The number of thioether (sulfide) groups is 1. The zero-order chi connectivity index (χ0) is 44.5. The monoisotopic (exact) mass is 859 g/mol. The number of esters is 3. The van der Waals surface area contributed by atoms with Gasteiger partial charge in [0.1, 0.15) is 23.6 Å². The van der Waals surface area contributed by atoms with Gasteiger partial charge in [-0.05, 0) is 77.0 Å². The molecule has 0 radical (unpaired) electrons. The molecular weight excluding hydrogens is 799 g/mol. The van der Waals surface area contributed by atoms with E-state index in [0.717, 1.165) is 0 Å². The van der Waals surface area contributed by atoms with Crippen molar-refractivity contribution in [2.75, 3.05) is 25.9 Å². The number of benzene rings is 1. The van der Waals surface area contributed by atoms with Crippen molar-refractivity contribution in [2.45, 2.75) is 149 Å². The van der Waals surface area contributed by atoms with Crippen LogP contribution in [0.25, 0.3) is 0 Å². The van der Waals surface area contributed by atoms with E-state index in [1.165, 1.54) is 37.6 Å². The van der Waals surface area contributed by atoms with Crippen LogP contribution in [0.2, 0.25) is 0 Å². The molecule has 2 saturated carbocycles. The zero-order valence-corrected chi connectivity index (χ0v) is 37.8. The molecule has 1 aromatic carbocycles. The van der Waals surface area contributed by atoms with E-state index < -0.39 is 112 Å². The number of amides is 1. The largest absolute Gasteiger partial charge is 0.497 e. The SMILES string of the molecule is COc1ccc([C@H]2OC(C(=O)OC3CC4(O)[C@@H](C)C5C6(OC(C)=O)COC6CC(OCSC)[C@@]5(C)C(=O)C(OC(C)=O)C(=C3C)C4(C)C)[C@H](C)N2C(=O)OC(C)(C)C)cc1. The summed E-state index contributed by atoms with van der Waals surface area (Å²) in [6.45, 7) is 18.2. The van der Waals surface area contributed by atoms with Crippen LogP contribution in [0.3, 0.4) is 0 Å². The fraction of sp³-hybridized carbons (Fsp3) is 0.705. The third-order valence-electron chi connectivity index (χ3n) is 13.7. The van der Waals surface area contributed by atoms with Crippen LogP contribution in [0, 0.1) is 22.7 Å². The number of carbonyl (C=O) groups is 5. The lowest BCUT2D eigenvalue weighted by atomic mass is 9.42. The molecule has 16 heteroatoms.